The number of rotatable bonds is 5. The molecule has 3 N–H and O–H groups in total. The first-order valence-corrected chi connectivity index (χ1v) is 9.19. The highest BCUT2D eigenvalue weighted by atomic mass is 15.3. The van der Waals surface area contributed by atoms with Gasteiger partial charge in [-0.05, 0) is 32.6 Å². The third-order valence-corrected chi connectivity index (χ3v) is 5.44. The molecular weight excluding hydrogens is 314 g/mol. The number of nitrogens with zero attached hydrogens (tertiary/aromatic N) is 5. The van der Waals surface area contributed by atoms with E-state index in [0.717, 1.165) is 55.6 Å². The Labute approximate surface area is 148 Å². The summed E-state index contributed by atoms with van der Waals surface area (Å²) < 4.78 is 0. The van der Waals surface area contributed by atoms with Crippen LogP contribution in [0.15, 0.2) is 12.3 Å². The summed E-state index contributed by atoms with van der Waals surface area (Å²) in [6.45, 7) is 4.94. The van der Waals surface area contributed by atoms with Crippen LogP contribution >= 0.6 is 0 Å². The molecule has 1 saturated carbocycles. The molecule has 0 amide bonds. The Morgan fingerprint density at radius 2 is 2.04 bits per heavy atom. The molecule has 3 heterocycles. The Morgan fingerprint density at radius 3 is 2.68 bits per heavy atom. The number of hydrogen-bond acceptors (Lipinski definition) is 6. The minimum atomic E-state index is 0.324. The van der Waals surface area contributed by atoms with Gasteiger partial charge >= 0.3 is 0 Å². The van der Waals surface area contributed by atoms with E-state index in [1.165, 1.54) is 18.4 Å². The van der Waals surface area contributed by atoms with Crippen LogP contribution in [0.3, 0.4) is 0 Å². The van der Waals surface area contributed by atoms with Gasteiger partial charge in [-0.25, -0.2) is 4.98 Å². The smallest absolute Gasteiger partial charge is 0.227 e. The molecule has 0 spiro atoms. The lowest BCUT2D eigenvalue weighted by molar-refractivity contribution is 0.345. The molecule has 7 nitrogen and oxygen atoms in total. The van der Waals surface area contributed by atoms with Crippen LogP contribution in [0.2, 0.25) is 0 Å². The second-order valence-electron chi connectivity index (χ2n) is 7.45. The fourth-order valence-electron chi connectivity index (χ4n) is 3.68. The molecular formula is C18H27N7. The number of hydrogen-bond donors (Lipinski definition) is 2. The van der Waals surface area contributed by atoms with E-state index in [2.05, 4.69) is 33.1 Å². The van der Waals surface area contributed by atoms with Crippen LogP contribution in [0.25, 0.3) is 0 Å². The van der Waals surface area contributed by atoms with Gasteiger partial charge < -0.3 is 15.5 Å². The van der Waals surface area contributed by atoms with Crippen molar-refractivity contribution in [1.82, 2.24) is 20.2 Å². The van der Waals surface area contributed by atoms with Gasteiger partial charge in [-0.3, -0.25) is 5.10 Å². The van der Waals surface area contributed by atoms with Crippen molar-refractivity contribution in [3.63, 3.8) is 0 Å². The summed E-state index contributed by atoms with van der Waals surface area (Å²) in [6.07, 6.45) is 6.39. The van der Waals surface area contributed by atoms with Crippen molar-refractivity contribution in [2.45, 2.75) is 51.1 Å². The maximum atomic E-state index is 6.00. The molecule has 2 aromatic rings. The Bertz CT molecular complexity index is 729. The number of anilines is 2. The summed E-state index contributed by atoms with van der Waals surface area (Å²) in [5, 5.41) is 7.12. The van der Waals surface area contributed by atoms with E-state index < -0.39 is 0 Å². The lowest BCUT2D eigenvalue weighted by Crippen LogP contribution is -2.35. The molecule has 1 aliphatic heterocycles. The summed E-state index contributed by atoms with van der Waals surface area (Å²) in [6, 6.07) is 2.47. The first kappa shape index (κ1) is 16.3. The van der Waals surface area contributed by atoms with E-state index in [4.69, 9.17) is 15.7 Å². The normalized spacial score (nSPS) is 22.9. The summed E-state index contributed by atoms with van der Waals surface area (Å²) in [4.78, 5) is 14.2. The molecule has 0 bridgehead atoms. The second kappa shape index (κ2) is 6.63. The number of aryl methyl sites for hydroxylation is 1. The van der Waals surface area contributed by atoms with Gasteiger partial charge in [0.15, 0.2) is 0 Å². The highest BCUT2D eigenvalue weighted by Crippen LogP contribution is 2.36. The zero-order chi connectivity index (χ0) is 17.4. The van der Waals surface area contributed by atoms with Gasteiger partial charge in [0.2, 0.25) is 5.95 Å². The minimum Gasteiger partial charge on any atom is -0.355 e. The van der Waals surface area contributed by atoms with Crippen LogP contribution in [0.4, 0.5) is 11.8 Å². The summed E-state index contributed by atoms with van der Waals surface area (Å²) >= 11 is 0. The van der Waals surface area contributed by atoms with Crippen LogP contribution in [-0.2, 0) is 6.54 Å². The van der Waals surface area contributed by atoms with Gasteiger partial charge in [-0.1, -0.05) is 0 Å². The molecule has 7 heteroatoms. The Morgan fingerprint density at radius 1 is 1.28 bits per heavy atom. The van der Waals surface area contributed by atoms with Crippen molar-refractivity contribution in [2.24, 2.45) is 5.73 Å². The number of H-pyrrole nitrogens is 1. The predicted molar refractivity (Wildman–Crippen MR) is 98.9 cm³/mol. The average molecular weight is 341 g/mol. The number of aromatic amines is 1. The average Bonchev–Trinajstić information content (AvgIpc) is 3.24. The zero-order valence-corrected chi connectivity index (χ0v) is 15.1. The molecule has 4 rings (SSSR count). The molecule has 2 fully saturated rings. The summed E-state index contributed by atoms with van der Waals surface area (Å²) in [5.41, 5.74) is 9.43. The zero-order valence-electron chi connectivity index (χ0n) is 15.1. The third-order valence-electron chi connectivity index (χ3n) is 5.44. The molecule has 2 aromatic heterocycles. The fourth-order valence-corrected chi connectivity index (χ4v) is 3.68. The van der Waals surface area contributed by atoms with E-state index in [9.17, 15) is 0 Å². The van der Waals surface area contributed by atoms with Crippen molar-refractivity contribution in [3.8, 4) is 0 Å². The highest BCUT2D eigenvalue weighted by Gasteiger charge is 2.30. The van der Waals surface area contributed by atoms with Crippen LogP contribution in [0, 0.1) is 6.92 Å². The maximum absolute atomic E-state index is 6.00. The van der Waals surface area contributed by atoms with Gasteiger partial charge in [-0.2, -0.15) is 10.1 Å². The molecule has 2 aliphatic rings. The quantitative estimate of drug-likeness (QED) is 0.864. The topological polar surface area (TPSA) is 87.0 Å². The number of aromatic nitrogens is 4. The van der Waals surface area contributed by atoms with Crippen LogP contribution < -0.4 is 15.5 Å². The Kier molecular flexibility index (Phi) is 4.33. The monoisotopic (exact) mass is 341 g/mol. The minimum absolute atomic E-state index is 0.324. The maximum Gasteiger partial charge on any atom is 0.227 e. The molecule has 134 valence electrons. The van der Waals surface area contributed by atoms with Crippen molar-refractivity contribution >= 4 is 11.8 Å². The van der Waals surface area contributed by atoms with Crippen molar-refractivity contribution in [2.75, 3.05) is 29.9 Å². The van der Waals surface area contributed by atoms with E-state index in [1.807, 2.05) is 13.1 Å². The molecule has 0 aromatic carbocycles. The largest absolute Gasteiger partial charge is 0.355 e. The molecule has 1 saturated heterocycles. The van der Waals surface area contributed by atoms with Crippen molar-refractivity contribution in [3.05, 3.63) is 29.2 Å². The van der Waals surface area contributed by atoms with E-state index >= 15 is 0 Å². The van der Waals surface area contributed by atoms with Gasteiger partial charge in [0.25, 0.3) is 0 Å². The number of nitrogens with one attached hydrogen (secondary N) is 1. The van der Waals surface area contributed by atoms with E-state index in [1.54, 1.807) is 0 Å². The first-order valence-electron chi connectivity index (χ1n) is 9.19. The molecule has 25 heavy (non-hydrogen) atoms. The highest BCUT2D eigenvalue weighted by molar-refractivity contribution is 5.47. The van der Waals surface area contributed by atoms with Gasteiger partial charge in [0, 0.05) is 56.0 Å². The van der Waals surface area contributed by atoms with Crippen LogP contribution in [0.1, 0.15) is 48.6 Å². The van der Waals surface area contributed by atoms with Gasteiger partial charge in [-0.15, -0.1) is 0 Å². The van der Waals surface area contributed by atoms with Gasteiger partial charge in [0.1, 0.15) is 5.82 Å². The van der Waals surface area contributed by atoms with E-state index in [-0.39, 0.29) is 0 Å². The van der Waals surface area contributed by atoms with Gasteiger partial charge in [0.05, 0.1) is 11.9 Å². The predicted octanol–water partition coefficient (Wildman–Crippen LogP) is 1.95. The Hall–Kier alpha value is -2.15. The summed E-state index contributed by atoms with van der Waals surface area (Å²) in [5.74, 6) is 2.33. The van der Waals surface area contributed by atoms with Crippen molar-refractivity contribution in [1.29, 1.82) is 0 Å². The molecule has 0 unspecified atom stereocenters. The lowest BCUT2D eigenvalue weighted by atomic mass is 9.78. The van der Waals surface area contributed by atoms with E-state index in [0.29, 0.717) is 12.0 Å². The van der Waals surface area contributed by atoms with Crippen molar-refractivity contribution < 1.29 is 0 Å². The first-order chi connectivity index (χ1) is 12.1. The second-order valence-corrected chi connectivity index (χ2v) is 7.45. The summed E-state index contributed by atoms with van der Waals surface area (Å²) in [7, 11) is 2.08. The van der Waals surface area contributed by atoms with Crippen LogP contribution in [-0.4, -0.2) is 46.3 Å². The standard InChI is InChI=1S/C18H27N7/c1-12-14(10-20-23-12)11-24(2)17-9-16(13-7-15(19)8-13)21-18(22-17)25-5-3-4-6-25/h9-10,13,15H,3-8,11,19H2,1-2H3,(H,20,23). The lowest BCUT2D eigenvalue weighted by Gasteiger charge is -2.33. The molecule has 0 atom stereocenters. The molecule has 1 aliphatic carbocycles. The fraction of sp³-hybridized carbons (Fsp3) is 0.611. The number of nitrogens with two attached hydrogens (primary N) is 1. The Balaban J connectivity index is 1.61. The van der Waals surface area contributed by atoms with Crippen LogP contribution in [0.5, 0.6) is 0 Å². The SMILES string of the molecule is Cc1[nH]ncc1CN(C)c1cc(C2CC(N)C2)nc(N2CCCC2)n1. The third kappa shape index (κ3) is 3.33. The molecule has 0 radical (unpaired) electrons.